The van der Waals surface area contributed by atoms with Gasteiger partial charge in [0.15, 0.2) is 0 Å². The van der Waals surface area contributed by atoms with Gasteiger partial charge in [0.05, 0.1) is 5.92 Å². The molecule has 1 fully saturated rings. The minimum absolute atomic E-state index is 0.0473. The first kappa shape index (κ1) is 6.55. The molecule has 0 amide bonds. The molecule has 0 aliphatic heterocycles. The Morgan fingerprint density at radius 2 is 2.44 bits per heavy atom. The van der Waals surface area contributed by atoms with Crippen LogP contribution in [-0.4, -0.2) is 17.1 Å². The molecule has 0 aromatic heterocycles. The third-order valence-electron chi connectivity index (χ3n) is 1.83. The molecule has 52 valence electrons. The number of rotatable bonds is 2. The number of hydrogen-bond donors (Lipinski definition) is 2. The van der Waals surface area contributed by atoms with Gasteiger partial charge in [0.1, 0.15) is 0 Å². The zero-order valence-corrected chi connectivity index (χ0v) is 5.37. The fourth-order valence-electron chi connectivity index (χ4n) is 1.08. The van der Waals surface area contributed by atoms with Crippen LogP contribution in [0.4, 0.5) is 0 Å². The first-order valence-electron chi connectivity index (χ1n) is 3.11. The quantitative estimate of drug-likeness (QED) is 0.554. The number of aliphatic carboxylic acids is 1. The zero-order valence-electron chi connectivity index (χ0n) is 5.37. The smallest absolute Gasteiger partial charge is 0.306 e. The molecule has 0 aromatic rings. The molecule has 3 atom stereocenters. The van der Waals surface area contributed by atoms with Crippen molar-refractivity contribution in [1.29, 1.82) is 0 Å². The van der Waals surface area contributed by atoms with Gasteiger partial charge in [-0.2, -0.15) is 0 Å². The van der Waals surface area contributed by atoms with Crippen molar-refractivity contribution in [2.75, 3.05) is 0 Å². The van der Waals surface area contributed by atoms with Gasteiger partial charge < -0.3 is 10.8 Å². The second kappa shape index (κ2) is 1.99. The molecule has 0 aromatic carbocycles. The number of hydrogen-bond acceptors (Lipinski definition) is 2. The molecular weight excluding hydrogens is 118 g/mol. The molecule has 0 heterocycles. The van der Waals surface area contributed by atoms with Crippen molar-refractivity contribution in [2.45, 2.75) is 19.4 Å². The lowest BCUT2D eigenvalue weighted by Crippen LogP contribution is -2.19. The van der Waals surface area contributed by atoms with E-state index in [2.05, 4.69) is 0 Å². The second-order valence-electron chi connectivity index (χ2n) is 2.70. The van der Waals surface area contributed by atoms with E-state index < -0.39 is 5.97 Å². The molecule has 1 aliphatic carbocycles. The van der Waals surface area contributed by atoms with Gasteiger partial charge in [0.25, 0.3) is 0 Å². The Balaban J connectivity index is 2.33. The van der Waals surface area contributed by atoms with Crippen molar-refractivity contribution in [1.82, 2.24) is 0 Å². The van der Waals surface area contributed by atoms with E-state index in [0.29, 0.717) is 0 Å². The van der Waals surface area contributed by atoms with E-state index in [9.17, 15) is 4.79 Å². The SMILES string of the molecule is CC(N)[C@@H]1C[C@H]1C(=O)O. The summed E-state index contributed by atoms with van der Waals surface area (Å²) in [6.45, 7) is 1.85. The average molecular weight is 129 g/mol. The van der Waals surface area contributed by atoms with Gasteiger partial charge in [0.2, 0.25) is 0 Å². The number of carboxylic acid groups (broad SMARTS) is 1. The fraction of sp³-hybridized carbons (Fsp3) is 0.833. The van der Waals surface area contributed by atoms with Crippen LogP contribution in [0.25, 0.3) is 0 Å². The van der Waals surface area contributed by atoms with Gasteiger partial charge in [-0.3, -0.25) is 4.79 Å². The highest BCUT2D eigenvalue weighted by Gasteiger charge is 2.45. The molecule has 0 bridgehead atoms. The second-order valence-corrected chi connectivity index (χ2v) is 2.70. The van der Waals surface area contributed by atoms with E-state index in [1.807, 2.05) is 6.92 Å². The molecule has 3 N–H and O–H groups in total. The summed E-state index contributed by atoms with van der Waals surface area (Å²) in [4.78, 5) is 10.2. The van der Waals surface area contributed by atoms with Crippen LogP contribution in [0.15, 0.2) is 0 Å². The van der Waals surface area contributed by atoms with Crippen LogP contribution in [0.3, 0.4) is 0 Å². The Kier molecular flexibility index (Phi) is 1.45. The van der Waals surface area contributed by atoms with Crippen LogP contribution < -0.4 is 5.73 Å². The number of nitrogens with two attached hydrogens (primary N) is 1. The summed E-state index contributed by atoms with van der Waals surface area (Å²) in [7, 11) is 0. The number of carboxylic acids is 1. The van der Waals surface area contributed by atoms with Crippen LogP contribution >= 0.6 is 0 Å². The Bertz CT molecular complexity index is 133. The normalized spacial score (nSPS) is 35.8. The molecule has 3 heteroatoms. The summed E-state index contributed by atoms with van der Waals surface area (Å²) in [6.07, 6.45) is 0.771. The Labute approximate surface area is 53.9 Å². The average Bonchev–Trinajstić information content (AvgIpc) is 2.39. The maximum atomic E-state index is 10.2. The van der Waals surface area contributed by atoms with E-state index in [1.54, 1.807) is 0 Å². The molecular formula is C6H11NO2. The molecule has 0 spiro atoms. The van der Waals surface area contributed by atoms with E-state index in [0.717, 1.165) is 6.42 Å². The first-order valence-corrected chi connectivity index (χ1v) is 3.11. The summed E-state index contributed by atoms with van der Waals surface area (Å²) in [6, 6.07) is 0.0473. The van der Waals surface area contributed by atoms with Gasteiger partial charge in [-0.05, 0) is 19.3 Å². The van der Waals surface area contributed by atoms with Crippen LogP contribution in [0, 0.1) is 11.8 Å². The summed E-state index contributed by atoms with van der Waals surface area (Å²) in [5.74, 6) is -0.607. The van der Waals surface area contributed by atoms with Gasteiger partial charge in [-0.1, -0.05) is 0 Å². The predicted molar refractivity (Wildman–Crippen MR) is 32.9 cm³/mol. The minimum atomic E-state index is -0.697. The number of carbonyl (C=O) groups is 1. The maximum absolute atomic E-state index is 10.2. The van der Waals surface area contributed by atoms with Gasteiger partial charge in [0, 0.05) is 6.04 Å². The predicted octanol–water partition coefficient (Wildman–Crippen LogP) is 0.0543. The molecule has 3 nitrogen and oxygen atoms in total. The summed E-state index contributed by atoms with van der Waals surface area (Å²) >= 11 is 0. The third kappa shape index (κ3) is 1.21. The third-order valence-corrected chi connectivity index (χ3v) is 1.83. The highest BCUT2D eigenvalue weighted by atomic mass is 16.4. The van der Waals surface area contributed by atoms with Crippen LogP contribution in [0.5, 0.6) is 0 Å². The van der Waals surface area contributed by atoms with Crippen LogP contribution in [0.1, 0.15) is 13.3 Å². The monoisotopic (exact) mass is 129 g/mol. The Morgan fingerprint density at radius 1 is 1.89 bits per heavy atom. The lowest BCUT2D eigenvalue weighted by atomic mass is 10.2. The van der Waals surface area contributed by atoms with Crippen LogP contribution in [0.2, 0.25) is 0 Å². The standard InChI is InChI=1S/C6H11NO2/c1-3(7)4-2-5(4)6(8)9/h3-5H,2,7H2,1H3,(H,8,9)/t3?,4-,5+/m0/s1. The molecule has 9 heavy (non-hydrogen) atoms. The van der Waals surface area contributed by atoms with Crippen molar-refractivity contribution in [2.24, 2.45) is 17.6 Å². The highest BCUT2D eigenvalue weighted by Crippen LogP contribution is 2.40. The first-order chi connectivity index (χ1) is 4.13. The minimum Gasteiger partial charge on any atom is -0.481 e. The molecule has 1 aliphatic rings. The molecule has 0 saturated heterocycles. The van der Waals surface area contributed by atoms with E-state index in [4.69, 9.17) is 10.8 Å². The Hall–Kier alpha value is -0.570. The van der Waals surface area contributed by atoms with Gasteiger partial charge in [-0.25, -0.2) is 0 Å². The van der Waals surface area contributed by atoms with Crippen molar-refractivity contribution >= 4 is 5.97 Å². The lowest BCUT2D eigenvalue weighted by Gasteiger charge is -1.98. The summed E-state index contributed by atoms with van der Waals surface area (Å²) in [5.41, 5.74) is 5.46. The molecule has 0 radical (unpaired) electrons. The van der Waals surface area contributed by atoms with Crippen molar-refractivity contribution in [3.05, 3.63) is 0 Å². The fourth-order valence-corrected chi connectivity index (χ4v) is 1.08. The molecule has 1 saturated carbocycles. The van der Waals surface area contributed by atoms with Crippen molar-refractivity contribution in [3.8, 4) is 0 Å². The lowest BCUT2D eigenvalue weighted by molar-refractivity contribution is -0.138. The van der Waals surface area contributed by atoms with E-state index >= 15 is 0 Å². The molecule has 1 rings (SSSR count). The van der Waals surface area contributed by atoms with Gasteiger partial charge >= 0.3 is 5.97 Å². The van der Waals surface area contributed by atoms with Crippen molar-refractivity contribution in [3.63, 3.8) is 0 Å². The summed E-state index contributed by atoms with van der Waals surface area (Å²) < 4.78 is 0. The summed E-state index contributed by atoms with van der Waals surface area (Å²) in [5, 5.41) is 8.42. The molecule has 1 unspecified atom stereocenters. The largest absolute Gasteiger partial charge is 0.481 e. The van der Waals surface area contributed by atoms with Crippen molar-refractivity contribution < 1.29 is 9.90 Å². The topological polar surface area (TPSA) is 63.3 Å². The Morgan fingerprint density at radius 3 is 2.56 bits per heavy atom. The van der Waals surface area contributed by atoms with Crippen LogP contribution in [-0.2, 0) is 4.79 Å². The van der Waals surface area contributed by atoms with E-state index in [-0.39, 0.29) is 17.9 Å². The maximum Gasteiger partial charge on any atom is 0.306 e. The van der Waals surface area contributed by atoms with E-state index in [1.165, 1.54) is 0 Å². The zero-order chi connectivity index (χ0) is 7.02. The highest BCUT2D eigenvalue weighted by molar-refractivity contribution is 5.73. The van der Waals surface area contributed by atoms with Gasteiger partial charge in [-0.15, -0.1) is 0 Å².